The summed E-state index contributed by atoms with van der Waals surface area (Å²) in [6, 6.07) is 9.78. The van der Waals surface area contributed by atoms with Crippen LogP contribution >= 0.6 is 12.2 Å². The quantitative estimate of drug-likeness (QED) is 0.548. The van der Waals surface area contributed by atoms with Crippen LogP contribution in [0.4, 0.5) is 5.82 Å². The Morgan fingerprint density at radius 3 is 2.65 bits per heavy atom. The second-order valence-electron chi connectivity index (χ2n) is 9.45. The van der Waals surface area contributed by atoms with E-state index >= 15 is 0 Å². The SMILES string of the molecule is CCN1CCN(c2cc(C)c3cc(CC(=S)CCCC4CCCN4C)ccc3n2)CC1. The molecule has 0 spiro atoms. The third-order valence-corrected chi connectivity index (χ3v) is 7.62. The molecular weight excluding hydrogens is 400 g/mol. The molecule has 2 aromatic rings. The molecule has 168 valence electrons. The molecule has 0 amide bonds. The molecule has 4 rings (SSSR count). The average Bonchev–Trinajstić information content (AvgIpc) is 3.18. The number of thiocarbonyl (C=S) groups is 1. The average molecular weight is 439 g/mol. The number of hydrogen-bond donors (Lipinski definition) is 0. The number of anilines is 1. The van der Waals surface area contributed by atoms with E-state index in [0.29, 0.717) is 0 Å². The smallest absolute Gasteiger partial charge is 0.129 e. The Balaban J connectivity index is 1.36. The fraction of sp³-hybridized carbons (Fsp3) is 0.615. The largest absolute Gasteiger partial charge is 0.354 e. The second-order valence-corrected chi connectivity index (χ2v) is 10.0. The van der Waals surface area contributed by atoms with Crippen LogP contribution in [-0.2, 0) is 6.42 Å². The zero-order chi connectivity index (χ0) is 21.8. The van der Waals surface area contributed by atoms with Gasteiger partial charge in [-0.25, -0.2) is 4.98 Å². The minimum Gasteiger partial charge on any atom is -0.354 e. The molecule has 1 aromatic carbocycles. The van der Waals surface area contributed by atoms with E-state index < -0.39 is 0 Å². The molecule has 0 saturated carbocycles. The molecule has 1 unspecified atom stereocenters. The number of benzene rings is 1. The lowest BCUT2D eigenvalue weighted by Gasteiger charge is -2.35. The van der Waals surface area contributed by atoms with Crippen LogP contribution in [0, 0.1) is 6.92 Å². The topological polar surface area (TPSA) is 22.6 Å². The maximum atomic E-state index is 5.75. The van der Waals surface area contributed by atoms with Gasteiger partial charge in [-0.2, -0.15) is 0 Å². The fourth-order valence-electron chi connectivity index (χ4n) is 5.18. The minimum absolute atomic E-state index is 0.774. The van der Waals surface area contributed by atoms with Gasteiger partial charge in [-0.05, 0) is 93.4 Å². The Bertz CT molecular complexity index is 904. The second kappa shape index (κ2) is 10.4. The van der Waals surface area contributed by atoms with E-state index in [2.05, 4.69) is 59.9 Å². The standard InChI is InChI=1S/C26H38N4S/c1-4-29-13-15-30(16-14-29)26-17-20(2)24-19-21(10-11-25(24)27-26)18-23(31)9-5-7-22-8-6-12-28(22)3/h10-11,17,19,22H,4-9,12-16,18H2,1-3H3. The van der Waals surface area contributed by atoms with Gasteiger partial charge in [0.2, 0.25) is 0 Å². The zero-order valence-corrected chi connectivity index (χ0v) is 20.4. The third kappa shape index (κ3) is 5.63. The number of fused-ring (bicyclic) bond motifs is 1. The third-order valence-electron chi connectivity index (χ3n) is 7.28. The first-order chi connectivity index (χ1) is 15.0. The molecule has 2 aliphatic heterocycles. The monoisotopic (exact) mass is 438 g/mol. The number of aryl methyl sites for hydroxylation is 1. The molecule has 4 nitrogen and oxygen atoms in total. The van der Waals surface area contributed by atoms with Crippen LogP contribution in [0.3, 0.4) is 0 Å². The van der Waals surface area contributed by atoms with Crippen molar-refractivity contribution in [3.63, 3.8) is 0 Å². The van der Waals surface area contributed by atoms with Crippen LogP contribution in [0.2, 0.25) is 0 Å². The predicted molar refractivity (Wildman–Crippen MR) is 137 cm³/mol. The molecule has 2 aliphatic rings. The van der Waals surface area contributed by atoms with Crippen molar-refractivity contribution < 1.29 is 0 Å². The van der Waals surface area contributed by atoms with Gasteiger partial charge in [0, 0.05) is 44.0 Å². The summed E-state index contributed by atoms with van der Waals surface area (Å²) < 4.78 is 0. The van der Waals surface area contributed by atoms with E-state index in [-0.39, 0.29) is 0 Å². The van der Waals surface area contributed by atoms with E-state index in [1.807, 2.05) is 0 Å². The molecule has 0 bridgehead atoms. The lowest BCUT2D eigenvalue weighted by molar-refractivity contribution is 0.270. The van der Waals surface area contributed by atoms with Crippen molar-refractivity contribution in [2.75, 3.05) is 51.2 Å². The van der Waals surface area contributed by atoms with Crippen molar-refractivity contribution in [3.8, 4) is 0 Å². The molecule has 2 saturated heterocycles. The van der Waals surface area contributed by atoms with E-state index in [4.69, 9.17) is 17.2 Å². The van der Waals surface area contributed by atoms with Gasteiger partial charge in [0.15, 0.2) is 0 Å². The number of likely N-dealkylation sites (tertiary alicyclic amines) is 1. The minimum atomic E-state index is 0.774. The number of piperazine rings is 1. The Hall–Kier alpha value is -1.56. The van der Waals surface area contributed by atoms with Crippen LogP contribution in [-0.4, -0.2) is 72.0 Å². The molecule has 5 heteroatoms. The molecule has 0 N–H and O–H groups in total. The maximum Gasteiger partial charge on any atom is 0.129 e. The normalized spacial score (nSPS) is 20.6. The number of aromatic nitrogens is 1. The summed E-state index contributed by atoms with van der Waals surface area (Å²) in [6.45, 7) is 11.2. The highest BCUT2D eigenvalue weighted by Crippen LogP contribution is 2.25. The van der Waals surface area contributed by atoms with Crippen LogP contribution in [0.15, 0.2) is 24.3 Å². The molecular formula is C26H38N4S. The van der Waals surface area contributed by atoms with Crippen LogP contribution in [0.5, 0.6) is 0 Å². The molecule has 0 radical (unpaired) electrons. The summed E-state index contributed by atoms with van der Waals surface area (Å²) in [4.78, 5) is 13.6. The fourth-order valence-corrected chi connectivity index (χ4v) is 5.49. The summed E-state index contributed by atoms with van der Waals surface area (Å²) in [5, 5.41) is 1.27. The lowest BCUT2D eigenvalue weighted by atomic mass is 10.0. The molecule has 31 heavy (non-hydrogen) atoms. The van der Waals surface area contributed by atoms with E-state index in [1.54, 1.807) is 0 Å². The highest BCUT2D eigenvalue weighted by molar-refractivity contribution is 7.80. The Kier molecular flexibility index (Phi) is 7.57. The first kappa shape index (κ1) is 22.6. The number of rotatable bonds is 8. The molecule has 1 aromatic heterocycles. The van der Waals surface area contributed by atoms with Gasteiger partial charge in [0.1, 0.15) is 5.82 Å². The number of pyridine rings is 1. The Labute approximate surface area is 193 Å². The van der Waals surface area contributed by atoms with Crippen LogP contribution in [0.1, 0.15) is 50.2 Å². The molecule has 2 fully saturated rings. The number of nitrogens with zero attached hydrogens (tertiary/aromatic N) is 4. The van der Waals surface area contributed by atoms with Crippen molar-refractivity contribution in [1.29, 1.82) is 0 Å². The summed E-state index contributed by atoms with van der Waals surface area (Å²) in [5.41, 5.74) is 3.74. The summed E-state index contributed by atoms with van der Waals surface area (Å²) in [7, 11) is 2.26. The Morgan fingerprint density at radius 2 is 1.94 bits per heavy atom. The molecule has 3 heterocycles. The van der Waals surface area contributed by atoms with Crippen molar-refractivity contribution in [2.45, 2.75) is 58.4 Å². The highest BCUT2D eigenvalue weighted by atomic mass is 32.1. The van der Waals surface area contributed by atoms with Crippen LogP contribution in [0.25, 0.3) is 10.9 Å². The van der Waals surface area contributed by atoms with Crippen molar-refractivity contribution >= 4 is 33.8 Å². The van der Waals surface area contributed by atoms with Crippen molar-refractivity contribution in [3.05, 3.63) is 35.4 Å². The maximum absolute atomic E-state index is 5.75. The number of hydrogen-bond acceptors (Lipinski definition) is 5. The van der Waals surface area contributed by atoms with Gasteiger partial charge in [-0.3, -0.25) is 0 Å². The first-order valence-electron chi connectivity index (χ1n) is 12.1. The first-order valence-corrected chi connectivity index (χ1v) is 12.5. The van der Waals surface area contributed by atoms with E-state index in [0.717, 1.165) is 62.9 Å². The van der Waals surface area contributed by atoms with Crippen molar-refractivity contribution in [1.82, 2.24) is 14.8 Å². The summed E-state index contributed by atoms with van der Waals surface area (Å²) >= 11 is 5.75. The van der Waals surface area contributed by atoms with Gasteiger partial charge in [-0.1, -0.05) is 25.2 Å². The predicted octanol–water partition coefficient (Wildman–Crippen LogP) is 4.86. The zero-order valence-electron chi connectivity index (χ0n) is 19.6. The Morgan fingerprint density at radius 1 is 1.13 bits per heavy atom. The van der Waals surface area contributed by atoms with Gasteiger partial charge < -0.3 is 14.7 Å². The van der Waals surface area contributed by atoms with Crippen LogP contribution < -0.4 is 4.90 Å². The van der Waals surface area contributed by atoms with Gasteiger partial charge in [0.05, 0.1) is 5.52 Å². The van der Waals surface area contributed by atoms with Gasteiger partial charge in [0.25, 0.3) is 0 Å². The van der Waals surface area contributed by atoms with E-state index in [9.17, 15) is 0 Å². The lowest BCUT2D eigenvalue weighted by Crippen LogP contribution is -2.46. The molecule has 1 atom stereocenters. The molecule has 0 aliphatic carbocycles. The van der Waals surface area contributed by atoms with Crippen molar-refractivity contribution in [2.24, 2.45) is 0 Å². The number of likely N-dealkylation sites (N-methyl/N-ethyl adjacent to an activating group) is 1. The summed E-state index contributed by atoms with van der Waals surface area (Å²) in [5.74, 6) is 1.13. The van der Waals surface area contributed by atoms with Gasteiger partial charge >= 0.3 is 0 Å². The van der Waals surface area contributed by atoms with Gasteiger partial charge in [-0.15, -0.1) is 0 Å². The summed E-state index contributed by atoms with van der Waals surface area (Å²) in [6.07, 6.45) is 7.19. The highest BCUT2D eigenvalue weighted by Gasteiger charge is 2.20. The van der Waals surface area contributed by atoms with E-state index in [1.165, 1.54) is 53.6 Å².